The number of nitriles is 1. The van der Waals surface area contributed by atoms with Gasteiger partial charge >= 0.3 is 0 Å². The minimum atomic E-state index is -3.62. The zero-order valence-electron chi connectivity index (χ0n) is 7.38. The fourth-order valence-electron chi connectivity index (χ4n) is 0.936. The molecule has 0 unspecified atom stereocenters. The molecular weight excluding hydrogens is 202 g/mol. The molecular formula is C9H9NO3S. The van der Waals surface area contributed by atoms with Gasteiger partial charge in [0.15, 0.2) is 6.61 Å². The van der Waals surface area contributed by atoms with Crippen molar-refractivity contribution in [3.05, 3.63) is 35.9 Å². The van der Waals surface area contributed by atoms with Crippen LogP contribution in [0.25, 0.3) is 0 Å². The van der Waals surface area contributed by atoms with Crippen molar-refractivity contribution in [1.82, 2.24) is 0 Å². The fraction of sp³-hybridized carbons (Fsp3) is 0.222. The molecule has 0 aliphatic heterocycles. The second-order valence-corrected chi connectivity index (χ2v) is 4.25. The largest absolute Gasteiger partial charge is 0.272 e. The van der Waals surface area contributed by atoms with Gasteiger partial charge in [-0.15, -0.1) is 0 Å². The Labute approximate surface area is 82.9 Å². The third kappa shape index (κ3) is 3.56. The first-order valence-electron chi connectivity index (χ1n) is 3.92. The molecule has 0 fully saturated rings. The van der Waals surface area contributed by atoms with Crippen LogP contribution in [0, 0.1) is 11.3 Å². The fourth-order valence-corrected chi connectivity index (χ4v) is 1.85. The summed E-state index contributed by atoms with van der Waals surface area (Å²) < 4.78 is 26.8. The molecule has 1 aromatic carbocycles. The summed E-state index contributed by atoms with van der Waals surface area (Å²) in [5.41, 5.74) is 0.644. The Hall–Kier alpha value is -1.38. The highest BCUT2D eigenvalue weighted by atomic mass is 32.2. The number of nitrogens with zero attached hydrogens (tertiary/aromatic N) is 1. The van der Waals surface area contributed by atoms with Crippen molar-refractivity contribution in [3.8, 4) is 6.07 Å². The highest BCUT2D eigenvalue weighted by Crippen LogP contribution is 2.06. The van der Waals surface area contributed by atoms with E-state index in [-0.39, 0.29) is 5.75 Å². The van der Waals surface area contributed by atoms with Gasteiger partial charge in [0, 0.05) is 0 Å². The van der Waals surface area contributed by atoms with Gasteiger partial charge in [0.2, 0.25) is 0 Å². The van der Waals surface area contributed by atoms with Crippen LogP contribution in [-0.2, 0) is 20.1 Å². The van der Waals surface area contributed by atoms with Gasteiger partial charge in [-0.1, -0.05) is 30.3 Å². The molecule has 0 atom stereocenters. The zero-order valence-corrected chi connectivity index (χ0v) is 8.20. The van der Waals surface area contributed by atoms with Crippen molar-refractivity contribution in [1.29, 1.82) is 5.26 Å². The van der Waals surface area contributed by atoms with Gasteiger partial charge < -0.3 is 0 Å². The zero-order chi connectivity index (χ0) is 10.4. The van der Waals surface area contributed by atoms with Crippen LogP contribution >= 0.6 is 0 Å². The molecule has 0 spiro atoms. The molecule has 0 bridgehead atoms. The Morgan fingerprint density at radius 2 is 1.93 bits per heavy atom. The standard InChI is InChI=1S/C9H9NO3S/c10-6-7-13-14(11,12)8-9-4-2-1-3-5-9/h1-5H,7-8H2. The first-order chi connectivity index (χ1) is 6.64. The van der Waals surface area contributed by atoms with Crippen LogP contribution in [0.4, 0.5) is 0 Å². The van der Waals surface area contributed by atoms with E-state index in [9.17, 15) is 8.42 Å². The van der Waals surface area contributed by atoms with Crippen molar-refractivity contribution in [3.63, 3.8) is 0 Å². The van der Waals surface area contributed by atoms with Crippen LogP contribution < -0.4 is 0 Å². The summed E-state index contributed by atoms with van der Waals surface area (Å²) in [6.07, 6.45) is 0. The highest BCUT2D eigenvalue weighted by Gasteiger charge is 2.11. The van der Waals surface area contributed by atoms with Crippen LogP contribution in [0.15, 0.2) is 30.3 Å². The molecule has 0 aliphatic carbocycles. The topological polar surface area (TPSA) is 67.2 Å². The maximum Gasteiger partial charge on any atom is 0.272 e. The molecule has 5 heteroatoms. The Balaban J connectivity index is 2.66. The van der Waals surface area contributed by atoms with E-state index in [0.29, 0.717) is 5.56 Å². The highest BCUT2D eigenvalue weighted by molar-refractivity contribution is 7.85. The molecule has 0 saturated heterocycles. The molecule has 1 aromatic rings. The smallest absolute Gasteiger partial charge is 0.254 e. The van der Waals surface area contributed by atoms with Crippen LogP contribution in [0.5, 0.6) is 0 Å². The molecule has 0 aliphatic rings. The maximum absolute atomic E-state index is 11.2. The van der Waals surface area contributed by atoms with Gasteiger partial charge in [-0.25, -0.2) is 0 Å². The van der Waals surface area contributed by atoms with E-state index in [4.69, 9.17) is 5.26 Å². The molecule has 0 radical (unpaired) electrons. The second kappa shape index (κ2) is 4.74. The van der Waals surface area contributed by atoms with Gasteiger partial charge in [-0.3, -0.25) is 4.18 Å². The summed E-state index contributed by atoms with van der Waals surface area (Å²) in [7, 11) is -3.62. The number of hydrogen-bond acceptors (Lipinski definition) is 4. The summed E-state index contributed by atoms with van der Waals surface area (Å²) >= 11 is 0. The molecule has 14 heavy (non-hydrogen) atoms. The number of rotatable bonds is 4. The third-order valence-corrected chi connectivity index (χ3v) is 2.65. The average molecular weight is 211 g/mol. The van der Waals surface area contributed by atoms with Crippen molar-refractivity contribution in [2.45, 2.75) is 5.75 Å². The first kappa shape index (κ1) is 10.7. The molecule has 0 heterocycles. The lowest BCUT2D eigenvalue weighted by molar-refractivity contribution is 0.360. The Morgan fingerprint density at radius 3 is 2.50 bits per heavy atom. The minimum Gasteiger partial charge on any atom is -0.254 e. The normalized spacial score (nSPS) is 10.8. The van der Waals surface area contributed by atoms with Crippen LogP contribution in [0.3, 0.4) is 0 Å². The predicted octanol–water partition coefficient (Wildman–Crippen LogP) is 1.06. The first-order valence-corrected chi connectivity index (χ1v) is 5.50. The van der Waals surface area contributed by atoms with Gasteiger partial charge in [-0.2, -0.15) is 13.7 Å². The maximum atomic E-state index is 11.2. The Bertz CT molecular complexity index is 419. The lowest BCUT2D eigenvalue weighted by Gasteiger charge is -2.01. The third-order valence-electron chi connectivity index (χ3n) is 1.49. The summed E-state index contributed by atoms with van der Waals surface area (Å²) in [6.45, 7) is -0.435. The van der Waals surface area contributed by atoms with E-state index in [0.717, 1.165) is 0 Å². The summed E-state index contributed by atoms with van der Waals surface area (Å²) in [4.78, 5) is 0. The van der Waals surface area contributed by atoms with Gasteiger partial charge in [0.05, 0.1) is 6.07 Å². The van der Waals surface area contributed by atoms with Gasteiger partial charge in [0.25, 0.3) is 10.1 Å². The van der Waals surface area contributed by atoms with E-state index in [1.165, 1.54) is 0 Å². The van der Waals surface area contributed by atoms with Crippen molar-refractivity contribution in [2.24, 2.45) is 0 Å². The summed E-state index contributed by atoms with van der Waals surface area (Å²) in [5.74, 6) is -0.199. The van der Waals surface area contributed by atoms with E-state index < -0.39 is 16.7 Å². The summed E-state index contributed by atoms with van der Waals surface area (Å²) in [5, 5.41) is 8.16. The Morgan fingerprint density at radius 1 is 1.29 bits per heavy atom. The molecule has 1 rings (SSSR count). The molecule has 0 amide bonds. The lowest BCUT2D eigenvalue weighted by Crippen LogP contribution is -2.08. The van der Waals surface area contributed by atoms with Gasteiger partial charge in [-0.05, 0) is 5.56 Å². The molecule has 0 saturated carbocycles. The van der Waals surface area contributed by atoms with E-state index in [1.54, 1.807) is 36.4 Å². The quantitative estimate of drug-likeness (QED) is 0.698. The molecule has 0 N–H and O–H groups in total. The van der Waals surface area contributed by atoms with E-state index >= 15 is 0 Å². The summed E-state index contributed by atoms with van der Waals surface area (Å²) in [6, 6.07) is 10.3. The van der Waals surface area contributed by atoms with Crippen molar-refractivity contribution >= 4 is 10.1 Å². The van der Waals surface area contributed by atoms with Gasteiger partial charge in [0.1, 0.15) is 5.75 Å². The van der Waals surface area contributed by atoms with E-state index in [2.05, 4.69) is 4.18 Å². The van der Waals surface area contributed by atoms with Crippen LogP contribution in [0.1, 0.15) is 5.56 Å². The minimum absolute atomic E-state index is 0.199. The SMILES string of the molecule is N#CCOS(=O)(=O)Cc1ccccc1. The predicted molar refractivity (Wildman–Crippen MR) is 50.6 cm³/mol. The van der Waals surface area contributed by atoms with Crippen LogP contribution in [-0.4, -0.2) is 15.0 Å². The lowest BCUT2D eigenvalue weighted by atomic mass is 10.2. The number of benzene rings is 1. The van der Waals surface area contributed by atoms with Crippen molar-refractivity contribution < 1.29 is 12.6 Å². The number of hydrogen-bond donors (Lipinski definition) is 0. The monoisotopic (exact) mass is 211 g/mol. The molecule has 74 valence electrons. The molecule has 0 aromatic heterocycles. The van der Waals surface area contributed by atoms with Crippen LogP contribution in [0.2, 0.25) is 0 Å². The Kier molecular flexibility index (Phi) is 3.63. The average Bonchev–Trinajstić information content (AvgIpc) is 2.16. The second-order valence-electron chi connectivity index (χ2n) is 2.61. The molecule has 4 nitrogen and oxygen atoms in total. The van der Waals surface area contributed by atoms with E-state index in [1.807, 2.05) is 0 Å². The van der Waals surface area contributed by atoms with Crippen molar-refractivity contribution in [2.75, 3.05) is 6.61 Å².